The zero-order chi connectivity index (χ0) is 22.7. The Labute approximate surface area is 190 Å². The lowest BCUT2D eigenvalue weighted by Crippen LogP contribution is -2.50. The van der Waals surface area contributed by atoms with E-state index in [4.69, 9.17) is 4.74 Å². The van der Waals surface area contributed by atoms with Gasteiger partial charge in [0.05, 0.1) is 11.7 Å². The number of thiazole rings is 1. The van der Waals surface area contributed by atoms with Crippen molar-refractivity contribution in [1.82, 2.24) is 14.8 Å². The average molecular weight is 452 g/mol. The van der Waals surface area contributed by atoms with Crippen LogP contribution in [0.4, 0.5) is 0 Å². The minimum atomic E-state index is -0.226. The molecule has 0 unspecified atom stereocenters. The number of hydrogen-bond acceptors (Lipinski definition) is 6. The molecule has 2 amide bonds. The highest BCUT2D eigenvalue weighted by Gasteiger charge is 2.27. The van der Waals surface area contributed by atoms with E-state index < -0.39 is 0 Å². The van der Waals surface area contributed by atoms with Gasteiger partial charge in [0.1, 0.15) is 22.2 Å². The molecular weight excluding hydrogens is 426 g/mol. The summed E-state index contributed by atoms with van der Waals surface area (Å²) in [4.78, 5) is 33.5. The molecule has 4 rings (SSSR count). The molecule has 0 atom stereocenters. The van der Waals surface area contributed by atoms with Gasteiger partial charge in [-0.05, 0) is 50.2 Å². The van der Waals surface area contributed by atoms with Gasteiger partial charge in [-0.25, -0.2) is 4.98 Å². The van der Waals surface area contributed by atoms with Gasteiger partial charge in [-0.2, -0.15) is 0 Å². The predicted octanol–water partition coefficient (Wildman–Crippen LogP) is 3.90. The van der Waals surface area contributed by atoms with E-state index in [-0.39, 0.29) is 29.2 Å². The number of carbonyl (C=O) groups excluding carboxylic acids is 2. The summed E-state index contributed by atoms with van der Waals surface area (Å²) < 4.78 is 5.67. The first-order chi connectivity index (χ1) is 15.4. The molecule has 0 saturated carbocycles. The molecule has 0 aliphatic carbocycles. The summed E-state index contributed by atoms with van der Waals surface area (Å²) in [6.07, 6.45) is 0.110. The van der Waals surface area contributed by atoms with Gasteiger partial charge in [0.15, 0.2) is 0 Å². The van der Waals surface area contributed by atoms with Crippen molar-refractivity contribution in [3.63, 3.8) is 0 Å². The van der Waals surface area contributed by atoms with E-state index in [9.17, 15) is 14.7 Å². The maximum atomic E-state index is 12.9. The number of benzene rings is 2. The Morgan fingerprint density at radius 2 is 1.59 bits per heavy atom. The zero-order valence-electron chi connectivity index (χ0n) is 18.0. The molecule has 0 bridgehead atoms. The predicted molar refractivity (Wildman–Crippen MR) is 123 cm³/mol. The van der Waals surface area contributed by atoms with Crippen molar-refractivity contribution >= 4 is 23.2 Å². The van der Waals surface area contributed by atoms with Crippen LogP contribution in [0.15, 0.2) is 53.9 Å². The molecule has 7 nitrogen and oxygen atoms in total. The molecular formula is C24H25N3O4S. The number of aromatic hydroxyl groups is 1. The fourth-order valence-corrected chi connectivity index (χ4v) is 4.35. The second kappa shape index (κ2) is 9.40. The summed E-state index contributed by atoms with van der Waals surface area (Å²) in [6.45, 7) is 5.63. The summed E-state index contributed by atoms with van der Waals surface area (Å²) >= 11 is 1.43. The largest absolute Gasteiger partial charge is 0.507 e. The monoisotopic (exact) mass is 451 g/mol. The Hall–Kier alpha value is -3.39. The molecule has 1 aromatic heterocycles. The minimum absolute atomic E-state index is 0.0326. The van der Waals surface area contributed by atoms with Crippen LogP contribution in [0, 0.1) is 0 Å². The molecule has 1 aliphatic rings. The minimum Gasteiger partial charge on any atom is -0.507 e. The molecule has 32 heavy (non-hydrogen) atoms. The number of piperazine rings is 1. The van der Waals surface area contributed by atoms with Gasteiger partial charge in [0, 0.05) is 37.1 Å². The van der Waals surface area contributed by atoms with Crippen LogP contribution in [-0.4, -0.2) is 64.0 Å². The number of phenols is 1. The van der Waals surface area contributed by atoms with Crippen LogP contribution < -0.4 is 4.74 Å². The van der Waals surface area contributed by atoms with Gasteiger partial charge >= 0.3 is 0 Å². The van der Waals surface area contributed by atoms with Crippen LogP contribution in [0.5, 0.6) is 11.5 Å². The third-order valence-electron chi connectivity index (χ3n) is 5.18. The van der Waals surface area contributed by atoms with Gasteiger partial charge in [-0.15, -0.1) is 11.3 Å². The fraction of sp³-hybridized carbons (Fsp3) is 0.292. The lowest BCUT2D eigenvalue weighted by Gasteiger charge is -2.34. The number of para-hydroxylation sites is 1. The van der Waals surface area contributed by atoms with Crippen LogP contribution in [-0.2, 0) is 0 Å². The summed E-state index contributed by atoms with van der Waals surface area (Å²) in [7, 11) is 0. The number of nitrogens with zero attached hydrogens (tertiary/aromatic N) is 3. The van der Waals surface area contributed by atoms with Crippen LogP contribution >= 0.6 is 11.3 Å². The first-order valence-corrected chi connectivity index (χ1v) is 11.4. The zero-order valence-corrected chi connectivity index (χ0v) is 18.8. The number of aromatic nitrogens is 1. The molecule has 2 aromatic carbocycles. The molecule has 166 valence electrons. The number of hydrogen-bond donors (Lipinski definition) is 1. The summed E-state index contributed by atoms with van der Waals surface area (Å²) in [5.74, 6) is 0.403. The number of ether oxygens (including phenoxy) is 1. The normalized spacial score (nSPS) is 14.0. The first-order valence-electron chi connectivity index (χ1n) is 10.5. The van der Waals surface area contributed by atoms with Crippen molar-refractivity contribution in [2.45, 2.75) is 20.0 Å². The van der Waals surface area contributed by atoms with E-state index in [0.717, 1.165) is 16.3 Å². The van der Waals surface area contributed by atoms with E-state index in [2.05, 4.69) is 4.98 Å². The number of phenolic OH excluding ortho intramolecular Hbond substituents is 1. The maximum Gasteiger partial charge on any atom is 0.273 e. The quantitative estimate of drug-likeness (QED) is 0.636. The first kappa shape index (κ1) is 21.8. The lowest BCUT2D eigenvalue weighted by atomic mass is 10.1. The van der Waals surface area contributed by atoms with E-state index in [1.807, 2.05) is 38.1 Å². The third kappa shape index (κ3) is 4.75. The standard InChI is InChI=1S/C24H25N3O4S/c1-16(2)31-18-9-7-17(8-10-18)22-25-20(15-32-22)24(30)27-13-11-26(12-14-27)23(29)19-5-3-4-6-21(19)28/h3-10,15-16,28H,11-14H2,1-2H3. The molecule has 1 fully saturated rings. The average Bonchev–Trinajstić information content (AvgIpc) is 3.29. The van der Waals surface area contributed by atoms with Crippen LogP contribution in [0.25, 0.3) is 10.6 Å². The Morgan fingerprint density at radius 3 is 2.22 bits per heavy atom. The van der Waals surface area contributed by atoms with Crippen molar-refractivity contribution in [2.24, 2.45) is 0 Å². The maximum absolute atomic E-state index is 12.9. The molecule has 1 aliphatic heterocycles. The molecule has 2 heterocycles. The molecule has 0 spiro atoms. The number of carbonyl (C=O) groups is 2. The second-order valence-corrected chi connectivity index (χ2v) is 8.69. The molecule has 0 radical (unpaired) electrons. The van der Waals surface area contributed by atoms with Crippen molar-refractivity contribution < 1.29 is 19.4 Å². The highest BCUT2D eigenvalue weighted by Crippen LogP contribution is 2.27. The van der Waals surface area contributed by atoms with Gasteiger partial charge in [0.2, 0.25) is 0 Å². The Morgan fingerprint density at radius 1 is 0.969 bits per heavy atom. The highest BCUT2D eigenvalue weighted by molar-refractivity contribution is 7.13. The number of amides is 2. The van der Waals surface area contributed by atoms with Gasteiger partial charge in [0.25, 0.3) is 11.8 Å². The van der Waals surface area contributed by atoms with Gasteiger partial charge < -0.3 is 19.6 Å². The smallest absolute Gasteiger partial charge is 0.273 e. The van der Waals surface area contributed by atoms with E-state index in [1.54, 1.807) is 33.4 Å². The SMILES string of the molecule is CC(C)Oc1ccc(-c2nc(C(=O)N3CCN(C(=O)c4ccccc4O)CC3)cs2)cc1. The van der Waals surface area contributed by atoms with Crippen LogP contribution in [0.1, 0.15) is 34.7 Å². The lowest BCUT2D eigenvalue weighted by molar-refractivity contribution is 0.0531. The molecule has 1 N–H and O–H groups in total. The van der Waals surface area contributed by atoms with E-state index in [0.29, 0.717) is 31.9 Å². The third-order valence-corrected chi connectivity index (χ3v) is 6.08. The van der Waals surface area contributed by atoms with Crippen molar-refractivity contribution in [3.05, 3.63) is 65.2 Å². The Bertz CT molecular complexity index is 1100. The van der Waals surface area contributed by atoms with Crippen molar-refractivity contribution in [3.8, 4) is 22.1 Å². The van der Waals surface area contributed by atoms with Crippen molar-refractivity contribution in [2.75, 3.05) is 26.2 Å². The molecule has 1 saturated heterocycles. The Balaban J connectivity index is 1.37. The van der Waals surface area contributed by atoms with Gasteiger partial charge in [-0.3, -0.25) is 9.59 Å². The summed E-state index contributed by atoms with van der Waals surface area (Å²) in [6, 6.07) is 14.2. The van der Waals surface area contributed by atoms with E-state index >= 15 is 0 Å². The van der Waals surface area contributed by atoms with E-state index in [1.165, 1.54) is 17.4 Å². The van der Waals surface area contributed by atoms with Gasteiger partial charge in [-0.1, -0.05) is 12.1 Å². The summed E-state index contributed by atoms with van der Waals surface area (Å²) in [5.41, 5.74) is 1.62. The Kier molecular flexibility index (Phi) is 6.41. The second-order valence-electron chi connectivity index (χ2n) is 7.83. The highest BCUT2D eigenvalue weighted by atomic mass is 32.1. The molecule has 8 heteroatoms. The topological polar surface area (TPSA) is 83.0 Å². The molecule has 3 aromatic rings. The van der Waals surface area contributed by atoms with Crippen molar-refractivity contribution in [1.29, 1.82) is 0 Å². The fourth-order valence-electron chi connectivity index (χ4n) is 3.55. The number of rotatable bonds is 5. The van der Waals surface area contributed by atoms with Crippen LogP contribution in [0.3, 0.4) is 0 Å². The summed E-state index contributed by atoms with van der Waals surface area (Å²) in [5, 5.41) is 12.5. The van der Waals surface area contributed by atoms with Crippen LogP contribution in [0.2, 0.25) is 0 Å².